The second-order valence-corrected chi connectivity index (χ2v) is 10.2. The molecule has 0 bridgehead atoms. The number of aryl methyl sites for hydroxylation is 1. The standard InChI is InChI=1S/C27H24N6O2S/c1-16-10-17(5-9-23(16)35-19-6-8-22-24(12-19)36-15-30-22)31-25-20-11-18(4-7-21(20)28-14-29-25)32-26-33-27(2,3)13-34-26/h4-12,14-15H,13H2,1-3H3,(H,32,33)(H,28,29,31). The van der Waals surface area contributed by atoms with Crippen molar-refractivity contribution >= 4 is 55.7 Å². The molecule has 1 aliphatic rings. The van der Waals surface area contributed by atoms with E-state index in [1.807, 2.05) is 80.9 Å². The lowest BCUT2D eigenvalue weighted by atomic mass is 10.1. The highest BCUT2D eigenvalue weighted by Crippen LogP contribution is 2.32. The van der Waals surface area contributed by atoms with Gasteiger partial charge in [0.1, 0.15) is 30.3 Å². The molecule has 2 aromatic heterocycles. The zero-order chi connectivity index (χ0) is 24.7. The molecule has 0 unspecified atom stereocenters. The molecule has 9 heteroatoms. The molecule has 0 saturated heterocycles. The van der Waals surface area contributed by atoms with Gasteiger partial charge in [-0.3, -0.25) is 0 Å². The number of fused-ring (bicyclic) bond motifs is 2. The zero-order valence-electron chi connectivity index (χ0n) is 20.1. The Kier molecular flexibility index (Phi) is 5.41. The molecule has 0 fully saturated rings. The number of ether oxygens (including phenoxy) is 2. The highest BCUT2D eigenvalue weighted by atomic mass is 32.1. The molecule has 36 heavy (non-hydrogen) atoms. The van der Waals surface area contributed by atoms with Gasteiger partial charge in [0.15, 0.2) is 0 Å². The third-order valence-corrected chi connectivity index (χ3v) is 6.61. The molecule has 3 aromatic carbocycles. The number of amidine groups is 1. The predicted octanol–water partition coefficient (Wildman–Crippen LogP) is 6.66. The maximum absolute atomic E-state index is 6.15. The summed E-state index contributed by atoms with van der Waals surface area (Å²) in [5.74, 6) is 2.29. The Balaban J connectivity index is 1.23. The lowest BCUT2D eigenvalue weighted by molar-refractivity contribution is 0.278. The van der Waals surface area contributed by atoms with Crippen LogP contribution in [0.5, 0.6) is 11.5 Å². The van der Waals surface area contributed by atoms with E-state index < -0.39 is 0 Å². The molecule has 8 nitrogen and oxygen atoms in total. The number of aromatic nitrogens is 3. The molecular weight excluding hydrogens is 472 g/mol. The molecule has 6 rings (SSSR count). The van der Waals surface area contributed by atoms with Gasteiger partial charge in [-0.15, -0.1) is 11.3 Å². The van der Waals surface area contributed by atoms with E-state index in [0.717, 1.165) is 49.6 Å². The van der Waals surface area contributed by atoms with Crippen molar-refractivity contribution in [3.05, 3.63) is 72.0 Å². The van der Waals surface area contributed by atoms with E-state index in [1.165, 1.54) is 0 Å². The van der Waals surface area contributed by atoms with Crippen molar-refractivity contribution in [2.24, 2.45) is 4.99 Å². The Morgan fingerprint density at radius 3 is 2.58 bits per heavy atom. The summed E-state index contributed by atoms with van der Waals surface area (Å²) in [6, 6.07) is 18.3. The molecule has 1 aliphatic heterocycles. The summed E-state index contributed by atoms with van der Waals surface area (Å²) in [4.78, 5) is 17.8. The molecule has 0 radical (unpaired) electrons. The fourth-order valence-electron chi connectivity index (χ4n) is 4.01. The zero-order valence-corrected chi connectivity index (χ0v) is 20.9. The number of nitrogens with zero attached hydrogens (tertiary/aromatic N) is 4. The van der Waals surface area contributed by atoms with E-state index in [9.17, 15) is 0 Å². The van der Waals surface area contributed by atoms with Gasteiger partial charge in [-0.2, -0.15) is 0 Å². The topological polar surface area (TPSA) is 93.6 Å². The molecule has 0 amide bonds. The Morgan fingerprint density at radius 1 is 0.917 bits per heavy atom. The van der Waals surface area contributed by atoms with Crippen molar-refractivity contribution in [3.8, 4) is 11.5 Å². The molecule has 180 valence electrons. The van der Waals surface area contributed by atoms with Gasteiger partial charge < -0.3 is 20.1 Å². The van der Waals surface area contributed by atoms with Crippen LogP contribution >= 0.6 is 11.3 Å². The Morgan fingerprint density at radius 2 is 1.75 bits per heavy atom. The van der Waals surface area contributed by atoms with E-state index in [-0.39, 0.29) is 5.54 Å². The minimum Gasteiger partial charge on any atom is -0.462 e. The molecular formula is C27H24N6O2S. The highest BCUT2D eigenvalue weighted by Gasteiger charge is 2.26. The summed E-state index contributed by atoms with van der Waals surface area (Å²) in [5, 5.41) is 7.57. The maximum atomic E-state index is 6.15. The van der Waals surface area contributed by atoms with E-state index in [2.05, 4.69) is 30.6 Å². The average molecular weight is 497 g/mol. The first-order valence-corrected chi connectivity index (χ1v) is 12.4. The first kappa shape index (κ1) is 22.2. The monoisotopic (exact) mass is 496 g/mol. The van der Waals surface area contributed by atoms with E-state index in [0.29, 0.717) is 18.4 Å². The number of hydrogen-bond acceptors (Lipinski definition) is 9. The fraction of sp³-hybridized carbons (Fsp3) is 0.185. The van der Waals surface area contributed by atoms with Crippen LogP contribution in [0.2, 0.25) is 0 Å². The van der Waals surface area contributed by atoms with Crippen molar-refractivity contribution in [1.82, 2.24) is 15.0 Å². The summed E-state index contributed by atoms with van der Waals surface area (Å²) in [6.45, 7) is 6.65. The summed E-state index contributed by atoms with van der Waals surface area (Å²) in [6.07, 6.45) is 1.56. The SMILES string of the molecule is Cc1cc(Nc2ncnc3ccc(NC4=NC(C)(C)CO4)cc23)ccc1Oc1ccc2ncsc2c1. The quantitative estimate of drug-likeness (QED) is 0.281. The van der Waals surface area contributed by atoms with Crippen LogP contribution in [-0.2, 0) is 4.74 Å². The number of anilines is 3. The Labute approximate surface area is 212 Å². The van der Waals surface area contributed by atoms with Crippen LogP contribution in [0.1, 0.15) is 19.4 Å². The van der Waals surface area contributed by atoms with Crippen LogP contribution in [0.15, 0.2) is 71.4 Å². The second kappa shape index (κ2) is 8.76. The molecule has 0 aliphatic carbocycles. The van der Waals surface area contributed by atoms with E-state index >= 15 is 0 Å². The van der Waals surface area contributed by atoms with Gasteiger partial charge in [-0.25, -0.2) is 19.9 Å². The molecule has 0 spiro atoms. The van der Waals surface area contributed by atoms with Gasteiger partial charge in [0.2, 0.25) is 0 Å². The average Bonchev–Trinajstić information content (AvgIpc) is 3.46. The first-order valence-electron chi connectivity index (χ1n) is 11.6. The minimum atomic E-state index is -0.226. The molecule has 0 atom stereocenters. The number of rotatable bonds is 5. The lowest BCUT2D eigenvalue weighted by Crippen LogP contribution is -2.17. The first-order chi connectivity index (χ1) is 17.4. The number of thiazole rings is 1. The second-order valence-electron chi connectivity index (χ2n) is 9.29. The number of aliphatic imine (C=N–C) groups is 1. The highest BCUT2D eigenvalue weighted by molar-refractivity contribution is 7.16. The van der Waals surface area contributed by atoms with Crippen LogP contribution in [0.25, 0.3) is 21.1 Å². The maximum Gasteiger partial charge on any atom is 0.289 e. The van der Waals surface area contributed by atoms with Crippen molar-refractivity contribution < 1.29 is 9.47 Å². The summed E-state index contributed by atoms with van der Waals surface area (Å²) < 4.78 is 12.9. The molecule has 2 N–H and O–H groups in total. The van der Waals surface area contributed by atoms with Gasteiger partial charge >= 0.3 is 0 Å². The van der Waals surface area contributed by atoms with Crippen LogP contribution in [0.3, 0.4) is 0 Å². The van der Waals surface area contributed by atoms with E-state index in [1.54, 1.807) is 17.7 Å². The Bertz CT molecular complexity index is 1630. The summed E-state index contributed by atoms with van der Waals surface area (Å²) in [5.41, 5.74) is 6.19. The van der Waals surface area contributed by atoms with Gasteiger partial charge in [-0.1, -0.05) is 0 Å². The van der Waals surface area contributed by atoms with Gasteiger partial charge in [0.25, 0.3) is 6.02 Å². The van der Waals surface area contributed by atoms with Crippen molar-refractivity contribution in [1.29, 1.82) is 0 Å². The van der Waals surface area contributed by atoms with Crippen LogP contribution in [0.4, 0.5) is 17.2 Å². The number of hydrogen-bond donors (Lipinski definition) is 2. The smallest absolute Gasteiger partial charge is 0.289 e. The number of nitrogens with one attached hydrogen (secondary N) is 2. The molecule has 5 aromatic rings. The summed E-state index contributed by atoms with van der Waals surface area (Å²) in [7, 11) is 0. The third-order valence-electron chi connectivity index (χ3n) is 5.82. The predicted molar refractivity (Wildman–Crippen MR) is 145 cm³/mol. The fourth-order valence-corrected chi connectivity index (χ4v) is 4.72. The lowest BCUT2D eigenvalue weighted by Gasteiger charge is -2.13. The molecule has 3 heterocycles. The minimum absolute atomic E-state index is 0.226. The van der Waals surface area contributed by atoms with Crippen LogP contribution < -0.4 is 15.4 Å². The summed E-state index contributed by atoms with van der Waals surface area (Å²) >= 11 is 1.60. The number of benzene rings is 3. The van der Waals surface area contributed by atoms with Gasteiger partial charge in [0, 0.05) is 22.8 Å². The third kappa shape index (κ3) is 4.52. The normalized spacial score (nSPS) is 14.5. The van der Waals surface area contributed by atoms with Crippen LogP contribution in [0, 0.1) is 6.92 Å². The van der Waals surface area contributed by atoms with Gasteiger partial charge in [-0.05, 0) is 74.9 Å². The van der Waals surface area contributed by atoms with Gasteiger partial charge in [0.05, 0.1) is 26.8 Å². The molecule has 0 saturated carbocycles. The van der Waals surface area contributed by atoms with Crippen LogP contribution in [-0.4, -0.2) is 33.1 Å². The largest absolute Gasteiger partial charge is 0.462 e. The van der Waals surface area contributed by atoms with Crippen molar-refractivity contribution in [2.45, 2.75) is 26.3 Å². The van der Waals surface area contributed by atoms with E-state index in [4.69, 9.17) is 9.47 Å². The Hall–Kier alpha value is -4.24. The van der Waals surface area contributed by atoms with Crippen molar-refractivity contribution in [2.75, 3.05) is 17.2 Å². The van der Waals surface area contributed by atoms with Crippen molar-refractivity contribution in [3.63, 3.8) is 0 Å².